The minimum atomic E-state index is -0.165. The maximum absolute atomic E-state index is 12.0. The molecule has 0 aromatic heterocycles. The fourth-order valence-electron chi connectivity index (χ4n) is 2.16. The van der Waals surface area contributed by atoms with Gasteiger partial charge >= 0.3 is 0 Å². The highest BCUT2D eigenvalue weighted by molar-refractivity contribution is 6.32. The summed E-state index contributed by atoms with van der Waals surface area (Å²) < 4.78 is 15.8. The van der Waals surface area contributed by atoms with Crippen LogP contribution in [-0.4, -0.2) is 39.4 Å². The number of anilines is 2. The Morgan fingerprint density at radius 3 is 2.46 bits per heavy atom. The van der Waals surface area contributed by atoms with Crippen LogP contribution in [0.3, 0.4) is 0 Å². The van der Waals surface area contributed by atoms with Gasteiger partial charge in [-0.15, -0.1) is 0 Å². The lowest BCUT2D eigenvalue weighted by Gasteiger charge is -2.10. The number of nitrogens with one attached hydrogen (secondary N) is 2. The van der Waals surface area contributed by atoms with Gasteiger partial charge in [0.2, 0.25) is 5.91 Å². The second kappa shape index (κ2) is 10.5. The Kier molecular flexibility index (Phi) is 8.05. The molecule has 6 nitrogen and oxygen atoms in total. The molecule has 0 saturated carbocycles. The molecule has 0 fully saturated rings. The molecule has 2 aromatic rings. The van der Waals surface area contributed by atoms with Crippen LogP contribution in [0.4, 0.5) is 11.4 Å². The van der Waals surface area contributed by atoms with E-state index in [0.29, 0.717) is 36.3 Å². The molecule has 0 aliphatic carbocycles. The lowest BCUT2D eigenvalue weighted by molar-refractivity contribution is -0.114. The molecule has 0 atom stereocenters. The minimum absolute atomic E-state index is 0.120. The zero-order valence-electron chi connectivity index (χ0n) is 14.9. The smallest absolute Gasteiger partial charge is 0.243 e. The number of hydrogen-bond acceptors (Lipinski definition) is 5. The van der Waals surface area contributed by atoms with Gasteiger partial charge in [0.25, 0.3) is 0 Å². The number of rotatable bonds is 10. The molecule has 1 amide bonds. The van der Waals surface area contributed by atoms with E-state index in [9.17, 15) is 4.79 Å². The molecule has 0 spiro atoms. The van der Waals surface area contributed by atoms with Gasteiger partial charge in [-0.05, 0) is 49.4 Å². The lowest BCUT2D eigenvalue weighted by atomic mass is 10.3. The first kappa shape index (κ1) is 19.9. The second-order valence-corrected chi connectivity index (χ2v) is 5.73. The van der Waals surface area contributed by atoms with Crippen molar-refractivity contribution in [2.45, 2.75) is 6.92 Å². The molecular weight excluding hydrogens is 356 g/mol. The van der Waals surface area contributed by atoms with Gasteiger partial charge in [-0.25, -0.2) is 0 Å². The van der Waals surface area contributed by atoms with E-state index >= 15 is 0 Å². The zero-order chi connectivity index (χ0) is 18.8. The fourth-order valence-corrected chi connectivity index (χ4v) is 2.42. The first-order valence-corrected chi connectivity index (χ1v) is 8.68. The Balaban J connectivity index is 1.77. The van der Waals surface area contributed by atoms with E-state index in [1.54, 1.807) is 49.6 Å². The molecule has 2 rings (SSSR count). The predicted octanol–water partition coefficient (Wildman–Crippen LogP) is 3.81. The van der Waals surface area contributed by atoms with Crippen LogP contribution in [0, 0.1) is 0 Å². The van der Waals surface area contributed by atoms with Crippen molar-refractivity contribution in [2.24, 2.45) is 0 Å². The Bertz CT molecular complexity index is 707. The van der Waals surface area contributed by atoms with Crippen LogP contribution in [-0.2, 0) is 9.53 Å². The van der Waals surface area contributed by atoms with E-state index in [1.165, 1.54) is 0 Å². The SMILES string of the molecule is CCOCCOc1ccc(NC(=O)CNc2ccc(OC)c(Cl)c2)cc1. The molecule has 140 valence electrons. The predicted molar refractivity (Wildman–Crippen MR) is 104 cm³/mol. The first-order valence-electron chi connectivity index (χ1n) is 8.30. The zero-order valence-corrected chi connectivity index (χ0v) is 15.6. The summed E-state index contributed by atoms with van der Waals surface area (Å²) in [5.41, 5.74) is 1.44. The van der Waals surface area contributed by atoms with Crippen LogP contribution in [0.25, 0.3) is 0 Å². The Morgan fingerprint density at radius 1 is 1.08 bits per heavy atom. The van der Waals surface area contributed by atoms with Gasteiger partial charge in [-0.2, -0.15) is 0 Å². The standard InChI is InChI=1S/C19H23ClN2O4/c1-3-25-10-11-26-16-7-4-14(5-8-16)22-19(23)13-21-15-6-9-18(24-2)17(20)12-15/h4-9,12,21H,3,10-11,13H2,1-2H3,(H,22,23). The summed E-state index contributed by atoms with van der Waals surface area (Å²) in [5, 5.41) is 6.32. The number of carbonyl (C=O) groups excluding carboxylic acids is 1. The Morgan fingerprint density at radius 2 is 1.81 bits per heavy atom. The molecule has 2 N–H and O–H groups in total. The molecule has 7 heteroatoms. The van der Waals surface area contributed by atoms with E-state index in [-0.39, 0.29) is 12.5 Å². The van der Waals surface area contributed by atoms with Gasteiger partial charge in [-0.3, -0.25) is 4.79 Å². The summed E-state index contributed by atoms with van der Waals surface area (Å²) in [7, 11) is 1.55. The molecular formula is C19H23ClN2O4. The lowest BCUT2D eigenvalue weighted by Crippen LogP contribution is -2.21. The van der Waals surface area contributed by atoms with Gasteiger partial charge in [-0.1, -0.05) is 11.6 Å². The van der Waals surface area contributed by atoms with Gasteiger partial charge in [0.15, 0.2) is 0 Å². The fraction of sp³-hybridized carbons (Fsp3) is 0.316. The molecule has 0 unspecified atom stereocenters. The highest BCUT2D eigenvalue weighted by Crippen LogP contribution is 2.27. The maximum atomic E-state index is 12.0. The minimum Gasteiger partial charge on any atom is -0.495 e. The summed E-state index contributed by atoms with van der Waals surface area (Å²) in [6, 6.07) is 12.4. The van der Waals surface area contributed by atoms with E-state index in [0.717, 1.165) is 11.4 Å². The number of carbonyl (C=O) groups is 1. The first-order chi connectivity index (χ1) is 12.6. The quantitative estimate of drug-likeness (QED) is 0.615. The van der Waals surface area contributed by atoms with E-state index < -0.39 is 0 Å². The normalized spacial score (nSPS) is 10.3. The molecule has 2 aromatic carbocycles. The van der Waals surface area contributed by atoms with Crippen LogP contribution in [0.15, 0.2) is 42.5 Å². The molecule has 0 aliphatic rings. The van der Waals surface area contributed by atoms with Crippen LogP contribution in [0.2, 0.25) is 5.02 Å². The topological polar surface area (TPSA) is 68.8 Å². The van der Waals surface area contributed by atoms with Crippen molar-refractivity contribution in [3.8, 4) is 11.5 Å². The summed E-state index contributed by atoms with van der Waals surface area (Å²) in [4.78, 5) is 12.0. The Labute approximate surface area is 158 Å². The number of methoxy groups -OCH3 is 1. The number of halogens is 1. The highest BCUT2D eigenvalue weighted by atomic mass is 35.5. The molecule has 0 radical (unpaired) electrons. The molecule has 0 heterocycles. The van der Waals surface area contributed by atoms with E-state index in [2.05, 4.69) is 10.6 Å². The number of hydrogen-bond donors (Lipinski definition) is 2. The average Bonchev–Trinajstić information content (AvgIpc) is 2.65. The van der Waals surface area contributed by atoms with Crippen molar-refractivity contribution >= 4 is 28.9 Å². The van der Waals surface area contributed by atoms with E-state index in [4.69, 9.17) is 25.8 Å². The second-order valence-electron chi connectivity index (χ2n) is 5.32. The number of benzene rings is 2. The third-order valence-electron chi connectivity index (χ3n) is 3.44. The highest BCUT2D eigenvalue weighted by Gasteiger charge is 2.05. The molecule has 0 bridgehead atoms. The summed E-state index contributed by atoms with van der Waals surface area (Å²) in [6.45, 7) is 3.78. The number of ether oxygens (including phenoxy) is 3. The maximum Gasteiger partial charge on any atom is 0.243 e. The van der Waals surface area contributed by atoms with E-state index in [1.807, 2.05) is 6.92 Å². The summed E-state index contributed by atoms with van der Waals surface area (Å²) in [6.07, 6.45) is 0. The Hall–Kier alpha value is -2.44. The largest absolute Gasteiger partial charge is 0.495 e. The van der Waals surface area contributed by atoms with Gasteiger partial charge < -0.3 is 24.8 Å². The third kappa shape index (κ3) is 6.46. The number of amides is 1. The van der Waals surface area contributed by atoms with Crippen molar-refractivity contribution in [1.82, 2.24) is 0 Å². The summed E-state index contributed by atoms with van der Waals surface area (Å²) >= 11 is 6.06. The molecule has 0 aliphatic heterocycles. The average molecular weight is 379 g/mol. The van der Waals surface area contributed by atoms with Crippen LogP contribution < -0.4 is 20.1 Å². The van der Waals surface area contributed by atoms with Crippen LogP contribution >= 0.6 is 11.6 Å². The van der Waals surface area contributed by atoms with Gasteiger partial charge in [0.05, 0.1) is 25.3 Å². The van der Waals surface area contributed by atoms with Crippen LogP contribution in [0.5, 0.6) is 11.5 Å². The molecule has 0 saturated heterocycles. The van der Waals surface area contributed by atoms with Crippen molar-refractivity contribution < 1.29 is 19.0 Å². The third-order valence-corrected chi connectivity index (χ3v) is 3.74. The van der Waals surface area contributed by atoms with Crippen LogP contribution in [0.1, 0.15) is 6.92 Å². The van der Waals surface area contributed by atoms with Gasteiger partial charge in [0.1, 0.15) is 18.1 Å². The monoisotopic (exact) mass is 378 g/mol. The van der Waals surface area contributed by atoms with Crippen molar-refractivity contribution in [1.29, 1.82) is 0 Å². The van der Waals surface area contributed by atoms with Crippen molar-refractivity contribution in [3.63, 3.8) is 0 Å². The summed E-state index contributed by atoms with van der Waals surface area (Å²) in [5.74, 6) is 1.15. The van der Waals surface area contributed by atoms with Crippen molar-refractivity contribution in [3.05, 3.63) is 47.5 Å². The van der Waals surface area contributed by atoms with Gasteiger partial charge in [0, 0.05) is 18.0 Å². The van der Waals surface area contributed by atoms with Crippen molar-refractivity contribution in [2.75, 3.05) is 44.1 Å². The molecule has 26 heavy (non-hydrogen) atoms.